The molecule has 10 nitrogen and oxygen atoms in total. The molecule has 1 atom stereocenters. The van der Waals surface area contributed by atoms with Gasteiger partial charge in [0.05, 0.1) is 6.54 Å². The van der Waals surface area contributed by atoms with E-state index in [9.17, 15) is 19.2 Å². The molecule has 0 aliphatic carbocycles. The molecule has 0 aliphatic rings. The second-order valence-electron chi connectivity index (χ2n) is 6.92. The fourth-order valence-electron chi connectivity index (χ4n) is 2.72. The van der Waals surface area contributed by atoms with Crippen LogP contribution in [-0.4, -0.2) is 40.3 Å². The Kier molecular flexibility index (Phi) is 7.53. The summed E-state index contributed by atoms with van der Waals surface area (Å²) >= 11 is 0. The van der Waals surface area contributed by atoms with Crippen LogP contribution in [0.1, 0.15) is 27.8 Å². The highest BCUT2D eigenvalue weighted by atomic mass is 16.5. The normalized spacial score (nSPS) is 11.3. The lowest BCUT2D eigenvalue weighted by Gasteiger charge is -2.14. The molecule has 170 valence electrons. The number of hydrogen-bond acceptors (Lipinski definition) is 7. The number of nitrogens with zero attached hydrogens (tertiary/aromatic N) is 2. The average molecular weight is 450 g/mol. The number of nitrogens with one attached hydrogen (secondary N) is 1. The lowest BCUT2D eigenvalue weighted by molar-refractivity contribution is -0.123. The molecule has 3 rings (SSSR count). The van der Waals surface area contributed by atoms with Gasteiger partial charge in [0.15, 0.2) is 11.8 Å². The van der Waals surface area contributed by atoms with Crippen molar-refractivity contribution < 1.29 is 23.9 Å². The van der Waals surface area contributed by atoms with Crippen LogP contribution in [0.3, 0.4) is 0 Å². The van der Waals surface area contributed by atoms with Crippen LogP contribution in [0, 0.1) is 0 Å². The van der Waals surface area contributed by atoms with Gasteiger partial charge in [-0.1, -0.05) is 18.2 Å². The van der Waals surface area contributed by atoms with Crippen molar-refractivity contribution in [1.29, 1.82) is 0 Å². The molecule has 0 saturated heterocycles. The summed E-state index contributed by atoms with van der Waals surface area (Å²) < 4.78 is 11.8. The van der Waals surface area contributed by atoms with Gasteiger partial charge >= 0.3 is 5.97 Å². The maximum absolute atomic E-state index is 12.4. The summed E-state index contributed by atoms with van der Waals surface area (Å²) in [6.07, 6.45) is -1.14. The van der Waals surface area contributed by atoms with E-state index in [0.29, 0.717) is 17.0 Å². The standard InChI is InChI=1S/C23H22N4O6/c1-15(22(30)25-17-9-7-16(8-10-17)21(24)29)33-23(31)19-11-12-20(28)27(26-19)13-14-32-18-5-3-2-4-6-18/h2-12,15H,13-14H2,1H3,(H2,24,29)(H,25,30). The van der Waals surface area contributed by atoms with E-state index in [1.165, 1.54) is 43.3 Å². The second kappa shape index (κ2) is 10.7. The van der Waals surface area contributed by atoms with Crippen molar-refractivity contribution >= 4 is 23.5 Å². The Morgan fingerprint density at radius 1 is 1.03 bits per heavy atom. The van der Waals surface area contributed by atoms with Crippen molar-refractivity contribution in [1.82, 2.24) is 9.78 Å². The van der Waals surface area contributed by atoms with Gasteiger partial charge in [0.1, 0.15) is 12.4 Å². The molecule has 0 bridgehead atoms. The second-order valence-corrected chi connectivity index (χ2v) is 6.92. The van der Waals surface area contributed by atoms with Gasteiger partial charge in [0, 0.05) is 17.3 Å². The number of anilines is 1. The summed E-state index contributed by atoms with van der Waals surface area (Å²) in [5.74, 6) is -1.39. The minimum absolute atomic E-state index is 0.117. The monoisotopic (exact) mass is 450 g/mol. The number of carbonyl (C=O) groups is 3. The molecular formula is C23H22N4O6. The third kappa shape index (κ3) is 6.50. The van der Waals surface area contributed by atoms with Crippen LogP contribution in [0.25, 0.3) is 0 Å². The molecule has 33 heavy (non-hydrogen) atoms. The Balaban J connectivity index is 1.57. The van der Waals surface area contributed by atoms with E-state index in [-0.39, 0.29) is 18.8 Å². The Hall–Kier alpha value is -4.47. The average Bonchev–Trinajstić information content (AvgIpc) is 2.81. The van der Waals surface area contributed by atoms with Crippen molar-refractivity contribution in [2.45, 2.75) is 19.6 Å². The van der Waals surface area contributed by atoms with E-state index in [1.807, 2.05) is 18.2 Å². The third-order valence-corrected chi connectivity index (χ3v) is 4.48. The number of primary amides is 1. The molecule has 10 heteroatoms. The molecule has 2 aromatic carbocycles. The maximum atomic E-state index is 12.4. The van der Waals surface area contributed by atoms with E-state index < -0.39 is 29.4 Å². The fourth-order valence-corrected chi connectivity index (χ4v) is 2.72. The number of rotatable bonds is 9. The first kappa shape index (κ1) is 23.2. The summed E-state index contributed by atoms with van der Waals surface area (Å²) in [6.45, 7) is 1.68. The Labute approximate surface area is 188 Å². The van der Waals surface area contributed by atoms with Crippen molar-refractivity contribution in [2.75, 3.05) is 11.9 Å². The summed E-state index contributed by atoms with van der Waals surface area (Å²) in [7, 11) is 0. The maximum Gasteiger partial charge on any atom is 0.359 e. The Morgan fingerprint density at radius 2 is 1.73 bits per heavy atom. The molecule has 2 amide bonds. The Bertz CT molecular complexity index is 1190. The van der Waals surface area contributed by atoms with Crippen LogP contribution in [0.15, 0.2) is 71.5 Å². The lowest BCUT2D eigenvalue weighted by atomic mass is 10.2. The number of amides is 2. The van der Waals surface area contributed by atoms with Crippen LogP contribution in [-0.2, 0) is 16.1 Å². The topological polar surface area (TPSA) is 143 Å². The van der Waals surface area contributed by atoms with E-state index in [0.717, 1.165) is 4.68 Å². The number of esters is 1. The molecule has 1 aromatic heterocycles. The van der Waals surface area contributed by atoms with Crippen molar-refractivity contribution in [3.05, 3.63) is 88.3 Å². The number of carbonyl (C=O) groups excluding carboxylic acids is 3. The number of benzene rings is 2. The van der Waals surface area contributed by atoms with Gasteiger partial charge in [-0.2, -0.15) is 5.10 Å². The molecule has 0 radical (unpaired) electrons. The molecule has 0 aliphatic heterocycles. The quantitative estimate of drug-likeness (QED) is 0.472. The highest BCUT2D eigenvalue weighted by Crippen LogP contribution is 2.11. The van der Waals surface area contributed by atoms with Gasteiger partial charge in [0.2, 0.25) is 5.91 Å². The van der Waals surface area contributed by atoms with E-state index in [2.05, 4.69) is 10.4 Å². The molecule has 0 saturated carbocycles. The van der Waals surface area contributed by atoms with Gasteiger partial charge in [-0.3, -0.25) is 14.4 Å². The first-order chi connectivity index (χ1) is 15.8. The molecule has 3 N–H and O–H groups in total. The zero-order valence-corrected chi connectivity index (χ0v) is 17.8. The molecule has 1 heterocycles. The van der Waals surface area contributed by atoms with E-state index in [4.69, 9.17) is 15.2 Å². The highest BCUT2D eigenvalue weighted by molar-refractivity contribution is 5.97. The first-order valence-electron chi connectivity index (χ1n) is 10.0. The number of ether oxygens (including phenoxy) is 2. The number of para-hydroxylation sites is 1. The summed E-state index contributed by atoms with van der Waals surface area (Å²) in [6, 6.07) is 17.4. The number of hydrogen-bond donors (Lipinski definition) is 2. The first-order valence-corrected chi connectivity index (χ1v) is 10.0. The fraction of sp³-hybridized carbons (Fsp3) is 0.174. The zero-order valence-electron chi connectivity index (χ0n) is 17.8. The van der Waals surface area contributed by atoms with Crippen molar-refractivity contribution in [3.63, 3.8) is 0 Å². The SMILES string of the molecule is CC(OC(=O)c1ccc(=O)n(CCOc2ccccc2)n1)C(=O)Nc1ccc(C(N)=O)cc1. The van der Waals surface area contributed by atoms with Gasteiger partial charge in [-0.05, 0) is 49.4 Å². The minimum atomic E-state index is -1.14. The van der Waals surface area contributed by atoms with Crippen molar-refractivity contribution in [2.24, 2.45) is 5.73 Å². The van der Waals surface area contributed by atoms with E-state index in [1.54, 1.807) is 12.1 Å². The molecule has 3 aromatic rings. The molecule has 0 spiro atoms. The molecule has 0 fully saturated rings. The summed E-state index contributed by atoms with van der Waals surface area (Å²) in [4.78, 5) is 47.9. The van der Waals surface area contributed by atoms with Crippen molar-refractivity contribution in [3.8, 4) is 5.75 Å². The van der Waals surface area contributed by atoms with Crippen LogP contribution in [0.5, 0.6) is 5.75 Å². The number of nitrogens with two attached hydrogens (primary N) is 1. The van der Waals surface area contributed by atoms with Crippen LogP contribution in [0.4, 0.5) is 5.69 Å². The smallest absolute Gasteiger partial charge is 0.359 e. The zero-order chi connectivity index (χ0) is 23.8. The summed E-state index contributed by atoms with van der Waals surface area (Å²) in [5, 5.41) is 6.57. The summed E-state index contributed by atoms with van der Waals surface area (Å²) in [5.41, 5.74) is 5.34. The lowest BCUT2D eigenvalue weighted by Crippen LogP contribution is -2.32. The van der Waals surface area contributed by atoms with Gasteiger partial charge in [0.25, 0.3) is 11.5 Å². The van der Waals surface area contributed by atoms with E-state index >= 15 is 0 Å². The molecule has 1 unspecified atom stereocenters. The van der Waals surface area contributed by atoms with Crippen LogP contribution in [0.2, 0.25) is 0 Å². The number of aromatic nitrogens is 2. The predicted octanol–water partition coefficient (Wildman–Crippen LogP) is 1.61. The molecular weight excluding hydrogens is 428 g/mol. The van der Waals surface area contributed by atoms with Crippen LogP contribution >= 0.6 is 0 Å². The Morgan fingerprint density at radius 3 is 2.39 bits per heavy atom. The van der Waals surface area contributed by atoms with Gasteiger partial charge < -0.3 is 20.5 Å². The van der Waals surface area contributed by atoms with Gasteiger partial charge in [-0.15, -0.1) is 0 Å². The predicted molar refractivity (Wildman–Crippen MR) is 119 cm³/mol. The minimum Gasteiger partial charge on any atom is -0.492 e. The largest absolute Gasteiger partial charge is 0.492 e. The third-order valence-electron chi connectivity index (χ3n) is 4.48. The highest BCUT2D eigenvalue weighted by Gasteiger charge is 2.20. The van der Waals surface area contributed by atoms with Crippen LogP contribution < -0.4 is 21.3 Å². The van der Waals surface area contributed by atoms with Gasteiger partial charge in [-0.25, -0.2) is 9.48 Å².